The lowest BCUT2D eigenvalue weighted by Gasteiger charge is -2.36. The van der Waals surface area contributed by atoms with Gasteiger partial charge < -0.3 is 20.3 Å². The Balaban J connectivity index is 1.70. The standard InChI is InChI=1S/C19H19ClN4O2/c1-26-18-5-2-13(11-16(18)20)19(25)24-8-6-23(7-9-24)17-4-3-15(22)10-14(17)12-21/h2-5,10-11H,6-9,22H2,1H3. The van der Waals surface area contributed by atoms with Gasteiger partial charge in [-0.2, -0.15) is 5.26 Å². The van der Waals surface area contributed by atoms with E-state index in [9.17, 15) is 10.1 Å². The van der Waals surface area contributed by atoms with E-state index >= 15 is 0 Å². The van der Waals surface area contributed by atoms with Gasteiger partial charge in [0.2, 0.25) is 0 Å². The summed E-state index contributed by atoms with van der Waals surface area (Å²) in [7, 11) is 1.54. The van der Waals surface area contributed by atoms with Gasteiger partial charge in [0.1, 0.15) is 11.8 Å². The van der Waals surface area contributed by atoms with Crippen molar-refractivity contribution in [1.29, 1.82) is 5.26 Å². The van der Waals surface area contributed by atoms with Crippen LogP contribution in [0, 0.1) is 11.3 Å². The molecule has 0 bridgehead atoms. The van der Waals surface area contributed by atoms with Crippen LogP contribution < -0.4 is 15.4 Å². The molecule has 6 nitrogen and oxygen atoms in total. The van der Waals surface area contributed by atoms with Gasteiger partial charge in [-0.15, -0.1) is 0 Å². The van der Waals surface area contributed by atoms with E-state index in [4.69, 9.17) is 22.1 Å². The SMILES string of the molecule is COc1ccc(C(=O)N2CCN(c3ccc(N)cc3C#N)CC2)cc1Cl. The minimum absolute atomic E-state index is 0.0629. The summed E-state index contributed by atoms with van der Waals surface area (Å²) in [5.41, 5.74) is 8.25. The van der Waals surface area contributed by atoms with Gasteiger partial charge in [0.15, 0.2) is 0 Å². The van der Waals surface area contributed by atoms with Crippen LogP contribution in [0.1, 0.15) is 15.9 Å². The Morgan fingerprint density at radius 2 is 1.92 bits per heavy atom. The van der Waals surface area contributed by atoms with Crippen LogP contribution in [0.2, 0.25) is 5.02 Å². The van der Waals surface area contributed by atoms with Crippen LogP contribution in [-0.4, -0.2) is 44.1 Å². The van der Waals surface area contributed by atoms with Crippen LogP contribution >= 0.6 is 11.6 Å². The summed E-state index contributed by atoms with van der Waals surface area (Å²) in [5.74, 6) is 0.479. The van der Waals surface area contributed by atoms with Crippen molar-refractivity contribution in [3.05, 3.63) is 52.5 Å². The zero-order valence-electron chi connectivity index (χ0n) is 14.4. The van der Waals surface area contributed by atoms with Gasteiger partial charge in [0, 0.05) is 37.4 Å². The number of hydrogen-bond donors (Lipinski definition) is 1. The van der Waals surface area contributed by atoms with Crippen molar-refractivity contribution in [1.82, 2.24) is 4.90 Å². The molecule has 2 N–H and O–H groups in total. The Kier molecular flexibility index (Phi) is 5.19. The summed E-state index contributed by atoms with van der Waals surface area (Å²) in [4.78, 5) is 16.6. The van der Waals surface area contributed by atoms with Crippen LogP contribution in [0.4, 0.5) is 11.4 Å². The van der Waals surface area contributed by atoms with E-state index in [2.05, 4.69) is 11.0 Å². The van der Waals surface area contributed by atoms with Crippen molar-refractivity contribution in [2.45, 2.75) is 0 Å². The Labute approximate surface area is 157 Å². The molecule has 26 heavy (non-hydrogen) atoms. The molecule has 1 aliphatic rings. The quantitative estimate of drug-likeness (QED) is 0.840. The van der Waals surface area contributed by atoms with Gasteiger partial charge in [-0.25, -0.2) is 0 Å². The van der Waals surface area contributed by atoms with Crippen molar-refractivity contribution >= 4 is 28.9 Å². The van der Waals surface area contributed by atoms with Gasteiger partial charge in [-0.05, 0) is 36.4 Å². The third-order valence-corrected chi connectivity index (χ3v) is 4.74. The molecule has 1 heterocycles. The molecule has 1 fully saturated rings. The van der Waals surface area contributed by atoms with Crippen molar-refractivity contribution in [2.24, 2.45) is 0 Å². The average molecular weight is 371 g/mol. The first-order valence-electron chi connectivity index (χ1n) is 8.21. The van der Waals surface area contributed by atoms with Crippen molar-refractivity contribution in [3.8, 4) is 11.8 Å². The minimum atomic E-state index is -0.0629. The van der Waals surface area contributed by atoms with Gasteiger partial charge in [0.25, 0.3) is 5.91 Å². The molecule has 1 amide bonds. The Morgan fingerprint density at radius 1 is 1.19 bits per heavy atom. The van der Waals surface area contributed by atoms with E-state index in [1.54, 1.807) is 35.2 Å². The highest BCUT2D eigenvalue weighted by atomic mass is 35.5. The minimum Gasteiger partial charge on any atom is -0.495 e. The third kappa shape index (κ3) is 3.53. The fourth-order valence-corrected chi connectivity index (χ4v) is 3.31. The van der Waals surface area contributed by atoms with Crippen molar-refractivity contribution in [3.63, 3.8) is 0 Å². The van der Waals surface area contributed by atoms with Gasteiger partial charge in [0.05, 0.1) is 23.4 Å². The molecule has 0 aliphatic carbocycles. The lowest BCUT2D eigenvalue weighted by Crippen LogP contribution is -2.49. The second kappa shape index (κ2) is 7.54. The fourth-order valence-electron chi connectivity index (χ4n) is 3.05. The maximum atomic E-state index is 12.7. The number of ether oxygens (including phenoxy) is 1. The number of anilines is 2. The molecule has 2 aromatic rings. The average Bonchev–Trinajstić information content (AvgIpc) is 2.67. The molecule has 0 atom stereocenters. The molecular formula is C19H19ClN4O2. The highest BCUT2D eigenvalue weighted by Crippen LogP contribution is 2.27. The third-order valence-electron chi connectivity index (χ3n) is 4.45. The first-order valence-corrected chi connectivity index (χ1v) is 8.58. The molecule has 0 radical (unpaired) electrons. The number of nitrogens with zero attached hydrogens (tertiary/aromatic N) is 3. The number of nitrogens with two attached hydrogens (primary N) is 1. The number of carbonyl (C=O) groups is 1. The number of carbonyl (C=O) groups excluding carboxylic acids is 1. The summed E-state index contributed by atoms with van der Waals surface area (Å²) in [5, 5.41) is 9.73. The molecule has 0 saturated carbocycles. The molecule has 7 heteroatoms. The molecule has 2 aromatic carbocycles. The predicted octanol–water partition coefficient (Wildman–Crippen LogP) is 2.76. The lowest BCUT2D eigenvalue weighted by atomic mass is 10.1. The van der Waals surface area contributed by atoms with E-state index in [0.29, 0.717) is 53.8 Å². The number of halogens is 1. The topological polar surface area (TPSA) is 82.6 Å². The molecule has 134 valence electrons. The number of piperazine rings is 1. The summed E-state index contributed by atoms with van der Waals surface area (Å²) in [6.07, 6.45) is 0. The number of hydrogen-bond acceptors (Lipinski definition) is 5. The van der Waals surface area contributed by atoms with E-state index in [-0.39, 0.29) is 5.91 Å². The fraction of sp³-hybridized carbons (Fsp3) is 0.263. The monoisotopic (exact) mass is 370 g/mol. The van der Waals surface area contributed by atoms with Crippen LogP contribution in [0.5, 0.6) is 5.75 Å². The highest BCUT2D eigenvalue weighted by Gasteiger charge is 2.24. The van der Waals surface area contributed by atoms with E-state index < -0.39 is 0 Å². The number of rotatable bonds is 3. The number of methoxy groups -OCH3 is 1. The second-order valence-electron chi connectivity index (χ2n) is 6.02. The Morgan fingerprint density at radius 3 is 2.54 bits per heavy atom. The van der Waals surface area contributed by atoms with E-state index in [1.165, 1.54) is 7.11 Å². The lowest BCUT2D eigenvalue weighted by molar-refractivity contribution is 0.0747. The van der Waals surface area contributed by atoms with E-state index in [0.717, 1.165) is 5.69 Å². The summed E-state index contributed by atoms with van der Waals surface area (Å²) >= 11 is 6.12. The van der Waals surface area contributed by atoms with Crippen LogP contribution in [0.25, 0.3) is 0 Å². The number of amides is 1. The molecule has 0 spiro atoms. The summed E-state index contributed by atoms with van der Waals surface area (Å²) in [6, 6.07) is 12.5. The summed E-state index contributed by atoms with van der Waals surface area (Å²) < 4.78 is 5.12. The van der Waals surface area contributed by atoms with Crippen molar-refractivity contribution < 1.29 is 9.53 Å². The zero-order chi connectivity index (χ0) is 18.7. The molecule has 3 rings (SSSR count). The predicted molar refractivity (Wildman–Crippen MR) is 102 cm³/mol. The Hall–Kier alpha value is -2.91. The number of nitriles is 1. The smallest absolute Gasteiger partial charge is 0.254 e. The first-order chi connectivity index (χ1) is 12.5. The van der Waals surface area contributed by atoms with Gasteiger partial charge in [-0.3, -0.25) is 4.79 Å². The maximum absolute atomic E-state index is 12.7. The summed E-state index contributed by atoms with van der Waals surface area (Å²) in [6.45, 7) is 2.43. The largest absolute Gasteiger partial charge is 0.495 e. The molecular weight excluding hydrogens is 352 g/mol. The maximum Gasteiger partial charge on any atom is 0.254 e. The van der Waals surface area contributed by atoms with E-state index in [1.807, 2.05) is 6.07 Å². The van der Waals surface area contributed by atoms with Crippen LogP contribution in [0.3, 0.4) is 0 Å². The first kappa shape index (κ1) is 17.9. The number of benzene rings is 2. The normalized spacial score (nSPS) is 14.0. The van der Waals surface area contributed by atoms with Crippen LogP contribution in [0.15, 0.2) is 36.4 Å². The van der Waals surface area contributed by atoms with Crippen LogP contribution in [-0.2, 0) is 0 Å². The van der Waals surface area contributed by atoms with Gasteiger partial charge >= 0.3 is 0 Å². The zero-order valence-corrected chi connectivity index (χ0v) is 15.2. The molecule has 0 aromatic heterocycles. The number of nitrogen functional groups attached to an aromatic ring is 1. The van der Waals surface area contributed by atoms with Gasteiger partial charge in [-0.1, -0.05) is 11.6 Å². The highest BCUT2D eigenvalue weighted by molar-refractivity contribution is 6.32. The molecule has 1 saturated heterocycles. The Bertz CT molecular complexity index is 870. The van der Waals surface area contributed by atoms with Crippen molar-refractivity contribution in [2.75, 3.05) is 43.9 Å². The molecule has 1 aliphatic heterocycles. The molecule has 0 unspecified atom stereocenters. The second-order valence-corrected chi connectivity index (χ2v) is 6.42.